The zero-order valence-corrected chi connectivity index (χ0v) is 16.5. The van der Waals surface area contributed by atoms with Crippen LogP contribution in [0.25, 0.3) is 6.08 Å². The van der Waals surface area contributed by atoms with Crippen LogP contribution in [0, 0.1) is 12.3 Å². The van der Waals surface area contributed by atoms with Crippen LogP contribution < -0.4 is 10.1 Å². The van der Waals surface area contributed by atoms with Crippen molar-refractivity contribution in [2.24, 2.45) is 0 Å². The Morgan fingerprint density at radius 1 is 1.21 bits per heavy atom. The summed E-state index contributed by atoms with van der Waals surface area (Å²) in [6.45, 7) is 6.08. The van der Waals surface area contributed by atoms with Gasteiger partial charge >= 0.3 is 0 Å². The molecule has 0 atom stereocenters. The number of amides is 2. The molecule has 0 saturated carbocycles. The lowest BCUT2D eigenvalue weighted by atomic mass is 10.2. The van der Waals surface area contributed by atoms with Crippen LogP contribution in [0.3, 0.4) is 0 Å². The van der Waals surface area contributed by atoms with Crippen molar-refractivity contribution in [2.45, 2.75) is 19.8 Å². The molecule has 0 spiro atoms. The Bertz CT molecular complexity index is 707. The molecule has 2 rings (SSSR count). The maximum Gasteiger partial charge on any atom is 0.246 e. The lowest BCUT2D eigenvalue weighted by Crippen LogP contribution is -2.39. The van der Waals surface area contributed by atoms with E-state index in [9.17, 15) is 9.59 Å². The third-order valence-corrected chi connectivity index (χ3v) is 4.43. The third kappa shape index (κ3) is 7.45. The molecule has 0 radical (unpaired) electrons. The van der Waals surface area contributed by atoms with Gasteiger partial charge in [0, 0.05) is 32.3 Å². The normalized spacial score (nSPS) is 15.1. The van der Waals surface area contributed by atoms with Crippen molar-refractivity contribution in [1.29, 1.82) is 0 Å². The summed E-state index contributed by atoms with van der Waals surface area (Å²) < 4.78 is 5.56. The summed E-state index contributed by atoms with van der Waals surface area (Å²) in [6.07, 6.45) is 10.4. The molecule has 1 heterocycles. The minimum Gasteiger partial charge on any atom is -0.494 e. The number of terminal acetylenes is 1. The minimum atomic E-state index is -0.0796. The van der Waals surface area contributed by atoms with E-state index < -0.39 is 0 Å². The van der Waals surface area contributed by atoms with Gasteiger partial charge in [0.1, 0.15) is 5.75 Å². The molecule has 1 saturated heterocycles. The summed E-state index contributed by atoms with van der Waals surface area (Å²) in [6, 6.07) is 7.70. The number of hydrogen-bond donors (Lipinski definition) is 1. The predicted octanol–water partition coefficient (Wildman–Crippen LogP) is 1.77. The average Bonchev–Trinajstić information content (AvgIpc) is 2.95. The monoisotopic (exact) mass is 383 g/mol. The Morgan fingerprint density at radius 3 is 2.71 bits per heavy atom. The Morgan fingerprint density at radius 2 is 2.00 bits per heavy atom. The van der Waals surface area contributed by atoms with Gasteiger partial charge in [0.25, 0.3) is 0 Å². The van der Waals surface area contributed by atoms with E-state index in [-0.39, 0.29) is 18.4 Å². The van der Waals surface area contributed by atoms with E-state index in [0.717, 1.165) is 30.7 Å². The Hall–Kier alpha value is -2.78. The number of nitrogens with zero attached hydrogens (tertiary/aromatic N) is 2. The van der Waals surface area contributed by atoms with E-state index in [2.05, 4.69) is 23.1 Å². The third-order valence-electron chi connectivity index (χ3n) is 4.43. The largest absolute Gasteiger partial charge is 0.494 e. The molecule has 150 valence electrons. The first kappa shape index (κ1) is 21.5. The van der Waals surface area contributed by atoms with Crippen LogP contribution in [0.1, 0.15) is 25.3 Å². The first-order valence-corrected chi connectivity index (χ1v) is 9.74. The minimum absolute atomic E-state index is 0.00931. The van der Waals surface area contributed by atoms with Gasteiger partial charge in [-0.3, -0.25) is 14.5 Å². The van der Waals surface area contributed by atoms with Crippen LogP contribution >= 0.6 is 0 Å². The fourth-order valence-corrected chi connectivity index (χ4v) is 2.93. The number of benzene rings is 1. The second-order valence-electron chi connectivity index (χ2n) is 6.69. The molecule has 0 bridgehead atoms. The van der Waals surface area contributed by atoms with Gasteiger partial charge in [0.2, 0.25) is 11.8 Å². The molecule has 28 heavy (non-hydrogen) atoms. The number of carbonyl (C=O) groups is 2. The quantitative estimate of drug-likeness (QED) is 0.549. The number of rotatable bonds is 8. The van der Waals surface area contributed by atoms with E-state index in [1.807, 2.05) is 35.2 Å². The van der Waals surface area contributed by atoms with Crippen LogP contribution in [0.4, 0.5) is 0 Å². The standard InChI is InChI=1S/C22H29N3O3/c1-3-12-23-21(26)18-24-13-5-14-25(16-15-24)22(27)11-8-19-6-9-20(10-7-19)28-17-4-2/h1,6-11H,4-5,12-18H2,2H3,(H,23,26). The van der Waals surface area contributed by atoms with Crippen LogP contribution in [-0.2, 0) is 9.59 Å². The molecule has 6 heteroatoms. The summed E-state index contributed by atoms with van der Waals surface area (Å²) in [5.74, 6) is 3.14. The van der Waals surface area contributed by atoms with Crippen LogP contribution in [0.2, 0.25) is 0 Å². The molecule has 1 N–H and O–H groups in total. The van der Waals surface area contributed by atoms with Gasteiger partial charge in [-0.05, 0) is 36.6 Å². The Labute approximate surface area is 167 Å². The van der Waals surface area contributed by atoms with Gasteiger partial charge in [-0.15, -0.1) is 6.42 Å². The molecule has 0 unspecified atom stereocenters. The van der Waals surface area contributed by atoms with Crippen molar-refractivity contribution in [1.82, 2.24) is 15.1 Å². The first-order chi connectivity index (χ1) is 13.6. The van der Waals surface area contributed by atoms with Crippen molar-refractivity contribution in [3.05, 3.63) is 35.9 Å². The highest BCUT2D eigenvalue weighted by atomic mass is 16.5. The SMILES string of the molecule is C#CCNC(=O)CN1CCCN(C(=O)C=Cc2ccc(OCCC)cc2)CC1. The van der Waals surface area contributed by atoms with Crippen molar-refractivity contribution in [3.63, 3.8) is 0 Å². The lowest BCUT2D eigenvalue weighted by molar-refractivity contribution is -0.125. The molecule has 0 aromatic heterocycles. The topological polar surface area (TPSA) is 61.9 Å². The van der Waals surface area contributed by atoms with E-state index >= 15 is 0 Å². The van der Waals surface area contributed by atoms with E-state index in [4.69, 9.17) is 11.2 Å². The highest BCUT2D eigenvalue weighted by Crippen LogP contribution is 2.14. The number of ether oxygens (including phenoxy) is 1. The molecule has 1 aliphatic rings. The molecular formula is C22H29N3O3. The van der Waals surface area contributed by atoms with Gasteiger partial charge < -0.3 is 15.0 Å². The van der Waals surface area contributed by atoms with E-state index in [1.54, 1.807) is 6.08 Å². The van der Waals surface area contributed by atoms with Crippen LogP contribution in [0.15, 0.2) is 30.3 Å². The maximum atomic E-state index is 12.5. The number of carbonyl (C=O) groups excluding carboxylic acids is 2. The molecular weight excluding hydrogens is 354 g/mol. The molecule has 1 aliphatic heterocycles. The van der Waals surface area contributed by atoms with Gasteiger partial charge in [-0.25, -0.2) is 0 Å². The zero-order valence-electron chi connectivity index (χ0n) is 16.5. The van der Waals surface area contributed by atoms with Crippen LogP contribution in [-0.4, -0.2) is 67.5 Å². The summed E-state index contributed by atoms with van der Waals surface area (Å²) in [5, 5.41) is 2.67. The second-order valence-corrected chi connectivity index (χ2v) is 6.69. The van der Waals surface area contributed by atoms with E-state index in [1.165, 1.54) is 0 Å². The van der Waals surface area contributed by atoms with Crippen molar-refractivity contribution >= 4 is 17.9 Å². The second kappa shape index (κ2) is 11.8. The van der Waals surface area contributed by atoms with Gasteiger partial charge in [0.05, 0.1) is 19.7 Å². The van der Waals surface area contributed by atoms with Gasteiger partial charge in [-0.2, -0.15) is 0 Å². The smallest absolute Gasteiger partial charge is 0.246 e. The fourth-order valence-electron chi connectivity index (χ4n) is 2.93. The predicted molar refractivity (Wildman–Crippen MR) is 111 cm³/mol. The summed E-state index contributed by atoms with van der Waals surface area (Å²) >= 11 is 0. The lowest BCUT2D eigenvalue weighted by Gasteiger charge is -2.20. The molecule has 1 fully saturated rings. The van der Waals surface area contributed by atoms with Gasteiger partial charge in [-0.1, -0.05) is 25.0 Å². The summed E-state index contributed by atoms with van der Waals surface area (Å²) in [4.78, 5) is 28.2. The van der Waals surface area contributed by atoms with Crippen molar-refractivity contribution in [3.8, 4) is 18.1 Å². The van der Waals surface area contributed by atoms with Crippen molar-refractivity contribution < 1.29 is 14.3 Å². The highest BCUT2D eigenvalue weighted by molar-refractivity contribution is 5.91. The first-order valence-electron chi connectivity index (χ1n) is 9.74. The highest BCUT2D eigenvalue weighted by Gasteiger charge is 2.19. The number of hydrogen-bond acceptors (Lipinski definition) is 4. The molecule has 2 amide bonds. The van der Waals surface area contributed by atoms with Crippen LogP contribution in [0.5, 0.6) is 5.75 Å². The molecule has 1 aromatic rings. The average molecular weight is 383 g/mol. The fraction of sp³-hybridized carbons (Fsp3) is 0.455. The maximum absolute atomic E-state index is 12.5. The van der Waals surface area contributed by atoms with Gasteiger partial charge in [0.15, 0.2) is 0 Å². The zero-order chi connectivity index (χ0) is 20.2. The number of nitrogens with one attached hydrogen (secondary N) is 1. The Kier molecular flexibility index (Phi) is 9.09. The van der Waals surface area contributed by atoms with Crippen molar-refractivity contribution in [2.75, 3.05) is 45.9 Å². The Balaban J connectivity index is 1.81. The molecule has 0 aliphatic carbocycles. The molecule has 6 nitrogen and oxygen atoms in total. The van der Waals surface area contributed by atoms with E-state index in [0.29, 0.717) is 32.8 Å². The summed E-state index contributed by atoms with van der Waals surface area (Å²) in [5.41, 5.74) is 0.957. The molecule has 1 aromatic carbocycles. The summed E-state index contributed by atoms with van der Waals surface area (Å²) in [7, 11) is 0.